The van der Waals surface area contributed by atoms with E-state index >= 15 is 0 Å². The second kappa shape index (κ2) is 6.57. The Kier molecular flexibility index (Phi) is 4.79. The number of para-hydroxylation sites is 1. The first-order chi connectivity index (χ1) is 9.63. The maximum absolute atomic E-state index is 12.4. The van der Waals surface area contributed by atoms with Crippen LogP contribution in [0.2, 0.25) is 0 Å². The highest BCUT2D eigenvalue weighted by molar-refractivity contribution is 9.10. The number of amides is 1. The Bertz CT molecular complexity index is 613. The largest absolute Gasteiger partial charge is 0.387 e. The molecule has 2 aromatic rings. The quantitative estimate of drug-likeness (QED) is 0.889. The SMILES string of the molecule is CNc1ccccc1C(=O)N[C@H](C)c1ccccc1Br. The zero-order chi connectivity index (χ0) is 14.5. The van der Waals surface area contributed by atoms with Crippen LogP contribution >= 0.6 is 15.9 Å². The average molecular weight is 333 g/mol. The molecule has 0 aliphatic rings. The van der Waals surface area contributed by atoms with Crippen molar-refractivity contribution in [2.75, 3.05) is 12.4 Å². The summed E-state index contributed by atoms with van der Waals surface area (Å²) < 4.78 is 0.995. The number of rotatable bonds is 4. The predicted molar refractivity (Wildman–Crippen MR) is 86.0 cm³/mol. The van der Waals surface area contributed by atoms with E-state index in [0.717, 1.165) is 15.7 Å². The fourth-order valence-corrected chi connectivity index (χ4v) is 2.71. The standard InChI is InChI=1S/C16H17BrN2O/c1-11(12-7-3-5-9-14(12)17)19-16(20)13-8-4-6-10-15(13)18-2/h3-11,18H,1-2H3,(H,19,20)/t11-/m1/s1. The average Bonchev–Trinajstić information content (AvgIpc) is 2.47. The third kappa shape index (κ3) is 3.20. The molecule has 2 N–H and O–H groups in total. The van der Waals surface area contributed by atoms with Gasteiger partial charge in [-0.25, -0.2) is 0 Å². The topological polar surface area (TPSA) is 41.1 Å². The first kappa shape index (κ1) is 14.6. The van der Waals surface area contributed by atoms with Crippen molar-refractivity contribution in [2.24, 2.45) is 0 Å². The molecule has 0 aliphatic heterocycles. The van der Waals surface area contributed by atoms with Crippen LogP contribution in [0.15, 0.2) is 53.0 Å². The van der Waals surface area contributed by atoms with E-state index in [1.165, 1.54) is 0 Å². The number of halogens is 1. The summed E-state index contributed by atoms with van der Waals surface area (Å²) >= 11 is 3.51. The van der Waals surface area contributed by atoms with E-state index < -0.39 is 0 Å². The minimum Gasteiger partial charge on any atom is -0.387 e. The van der Waals surface area contributed by atoms with Gasteiger partial charge in [0.25, 0.3) is 5.91 Å². The van der Waals surface area contributed by atoms with Gasteiger partial charge in [-0.15, -0.1) is 0 Å². The van der Waals surface area contributed by atoms with Crippen molar-refractivity contribution >= 4 is 27.5 Å². The van der Waals surface area contributed by atoms with Crippen LogP contribution in [0.3, 0.4) is 0 Å². The Morgan fingerprint density at radius 1 is 1.10 bits per heavy atom. The Morgan fingerprint density at radius 2 is 1.75 bits per heavy atom. The Morgan fingerprint density at radius 3 is 2.45 bits per heavy atom. The zero-order valence-corrected chi connectivity index (χ0v) is 13.1. The molecule has 20 heavy (non-hydrogen) atoms. The fraction of sp³-hybridized carbons (Fsp3) is 0.188. The van der Waals surface area contributed by atoms with E-state index in [1.807, 2.05) is 62.5 Å². The van der Waals surface area contributed by atoms with Gasteiger partial charge >= 0.3 is 0 Å². The molecule has 0 heterocycles. The van der Waals surface area contributed by atoms with Crippen LogP contribution in [0.5, 0.6) is 0 Å². The van der Waals surface area contributed by atoms with Crippen molar-refractivity contribution in [1.82, 2.24) is 5.32 Å². The molecule has 0 unspecified atom stereocenters. The summed E-state index contributed by atoms with van der Waals surface area (Å²) in [6.07, 6.45) is 0. The highest BCUT2D eigenvalue weighted by atomic mass is 79.9. The van der Waals surface area contributed by atoms with E-state index in [4.69, 9.17) is 0 Å². The lowest BCUT2D eigenvalue weighted by Gasteiger charge is -2.17. The maximum Gasteiger partial charge on any atom is 0.253 e. The monoisotopic (exact) mass is 332 g/mol. The van der Waals surface area contributed by atoms with Crippen LogP contribution < -0.4 is 10.6 Å². The first-order valence-electron chi connectivity index (χ1n) is 6.45. The Balaban J connectivity index is 2.18. The second-order valence-electron chi connectivity index (χ2n) is 4.51. The summed E-state index contributed by atoms with van der Waals surface area (Å²) in [6.45, 7) is 1.97. The summed E-state index contributed by atoms with van der Waals surface area (Å²) in [6, 6.07) is 15.3. The summed E-state index contributed by atoms with van der Waals surface area (Å²) in [4.78, 5) is 12.4. The van der Waals surface area contributed by atoms with E-state index in [0.29, 0.717) is 5.56 Å². The molecule has 1 amide bonds. The molecule has 0 aromatic heterocycles. The molecule has 0 radical (unpaired) electrons. The third-order valence-electron chi connectivity index (χ3n) is 3.16. The normalized spacial score (nSPS) is 11.8. The molecule has 0 saturated carbocycles. The van der Waals surface area contributed by atoms with Crippen molar-refractivity contribution in [3.05, 3.63) is 64.1 Å². The first-order valence-corrected chi connectivity index (χ1v) is 7.25. The minimum absolute atomic E-state index is 0.0667. The molecule has 2 rings (SSSR count). The Labute approximate surface area is 127 Å². The number of anilines is 1. The van der Waals surface area contributed by atoms with Crippen LogP contribution in [0.4, 0.5) is 5.69 Å². The van der Waals surface area contributed by atoms with Crippen molar-refractivity contribution < 1.29 is 4.79 Å². The predicted octanol–water partition coefficient (Wildman–Crippen LogP) is 3.98. The van der Waals surface area contributed by atoms with Crippen molar-refractivity contribution in [1.29, 1.82) is 0 Å². The highest BCUT2D eigenvalue weighted by Crippen LogP contribution is 2.23. The van der Waals surface area contributed by atoms with Crippen LogP contribution in [-0.2, 0) is 0 Å². The van der Waals surface area contributed by atoms with Gasteiger partial charge in [0.15, 0.2) is 0 Å². The number of nitrogens with one attached hydrogen (secondary N) is 2. The molecule has 0 fully saturated rings. The molecular weight excluding hydrogens is 316 g/mol. The van der Waals surface area contributed by atoms with Gasteiger partial charge in [-0.2, -0.15) is 0 Å². The molecule has 0 saturated heterocycles. The van der Waals surface area contributed by atoms with Gasteiger partial charge in [0.05, 0.1) is 11.6 Å². The highest BCUT2D eigenvalue weighted by Gasteiger charge is 2.15. The number of carbonyl (C=O) groups excluding carboxylic acids is 1. The van der Waals surface area contributed by atoms with Crippen LogP contribution in [0.25, 0.3) is 0 Å². The summed E-state index contributed by atoms with van der Waals surface area (Å²) in [5.41, 5.74) is 2.53. The van der Waals surface area contributed by atoms with Crippen molar-refractivity contribution in [3.8, 4) is 0 Å². The Hall–Kier alpha value is -1.81. The lowest BCUT2D eigenvalue weighted by Crippen LogP contribution is -2.27. The van der Waals surface area contributed by atoms with Crippen LogP contribution in [-0.4, -0.2) is 13.0 Å². The van der Waals surface area contributed by atoms with E-state index in [1.54, 1.807) is 0 Å². The molecule has 0 spiro atoms. The van der Waals surface area contributed by atoms with E-state index in [2.05, 4.69) is 26.6 Å². The van der Waals surface area contributed by atoms with Crippen LogP contribution in [0.1, 0.15) is 28.9 Å². The lowest BCUT2D eigenvalue weighted by atomic mass is 10.1. The molecule has 3 nitrogen and oxygen atoms in total. The maximum atomic E-state index is 12.4. The zero-order valence-electron chi connectivity index (χ0n) is 11.5. The molecular formula is C16H17BrN2O. The van der Waals surface area contributed by atoms with E-state index in [9.17, 15) is 4.79 Å². The lowest BCUT2D eigenvalue weighted by molar-refractivity contribution is 0.0940. The number of benzene rings is 2. The van der Waals surface area contributed by atoms with Gasteiger partial charge in [0.2, 0.25) is 0 Å². The smallest absolute Gasteiger partial charge is 0.253 e. The van der Waals surface area contributed by atoms with Gasteiger partial charge < -0.3 is 10.6 Å². The summed E-state index contributed by atoms with van der Waals surface area (Å²) in [5, 5.41) is 6.05. The third-order valence-corrected chi connectivity index (χ3v) is 3.88. The molecule has 4 heteroatoms. The van der Waals surface area contributed by atoms with Gasteiger partial charge in [-0.3, -0.25) is 4.79 Å². The fourth-order valence-electron chi connectivity index (χ4n) is 2.08. The minimum atomic E-state index is -0.0850. The number of hydrogen-bond donors (Lipinski definition) is 2. The van der Waals surface area contributed by atoms with Gasteiger partial charge in [-0.1, -0.05) is 46.3 Å². The molecule has 2 aromatic carbocycles. The number of hydrogen-bond acceptors (Lipinski definition) is 2. The molecule has 1 atom stereocenters. The van der Waals surface area contributed by atoms with E-state index in [-0.39, 0.29) is 11.9 Å². The van der Waals surface area contributed by atoms with Crippen molar-refractivity contribution in [3.63, 3.8) is 0 Å². The summed E-state index contributed by atoms with van der Waals surface area (Å²) in [5.74, 6) is -0.0850. The number of carbonyl (C=O) groups is 1. The van der Waals surface area contributed by atoms with Gasteiger partial charge in [0, 0.05) is 17.2 Å². The van der Waals surface area contributed by atoms with Crippen LogP contribution in [0, 0.1) is 0 Å². The summed E-state index contributed by atoms with van der Waals surface area (Å²) in [7, 11) is 1.81. The molecule has 0 aliphatic carbocycles. The molecule has 104 valence electrons. The second-order valence-corrected chi connectivity index (χ2v) is 5.37. The molecule has 0 bridgehead atoms. The van der Waals surface area contributed by atoms with Crippen molar-refractivity contribution in [2.45, 2.75) is 13.0 Å². The van der Waals surface area contributed by atoms with Gasteiger partial charge in [-0.05, 0) is 30.7 Å². The van der Waals surface area contributed by atoms with Gasteiger partial charge in [0.1, 0.15) is 0 Å².